The number of alkyl halides is 1. The minimum absolute atomic E-state index is 0.224. The lowest BCUT2D eigenvalue weighted by molar-refractivity contribution is -0.140. The van der Waals surface area contributed by atoms with Gasteiger partial charge in [0, 0.05) is 6.54 Å². The Morgan fingerprint density at radius 2 is 2.47 bits per heavy atom. The van der Waals surface area contributed by atoms with Crippen molar-refractivity contribution in [1.82, 2.24) is 9.78 Å². The Bertz CT molecular complexity index is 327. The van der Waals surface area contributed by atoms with E-state index in [1.807, 2.05) is 6.92 Å². The Balaban J connectivity index is 2.39. The first-order chi connectivity index (χ1) is 7.17. The predicted octanol–water partition coefficient (Wildman–Crippen LogP) is 1.22. The van der Waals surface area contributed by atoms with Crippen LogP contribution in [0.15, 0.2) is 12.4 Å². The molecule has 1 atom stereocenters. The van der Waals surface area contributed by atoms with E-state index in [4.69, 9.17) is 4.74 Å². The Morgan fingerprint density at radius 1 is 1.73 bits per heavy atom. The standard InChI is InChI=1S/C9H13BrN2O3/c1-3-12-5-7(4-11-12)15-6-8(10)9(13)14-2/h4-5,8H,3,6H2,1-2H3. The summed E-state index contributed by atoms with van der Waals surface area (Å²) in [7, 11) is 1.34. The van der Waals surface area contributed by atoms with Crippen molar-refractivity contribution < 1.29 is 14.3 Å². The van der Waals surface area contributed by atoms with Crippen LogP contribution < -0.4 is 4.74 Å². The van der Waals surface area contributed by atoms with E-state index in [0.29, 0.717) is 5.75 Å². The summed E-state index contributed by atoms with van der Waals surface area (Å²) in [4.78, 5) is 10.6. The fourth-order valence-corrected chi connectivity index (χ4v) is 1.28. The summed E-state index contributed by atoms with van der Waals surface area (Å²) in [5.41, 5.74) is 0. The predicted molar refractivity (Wildman–Crippen MR) is 58.1 cm³/mol. The van der Waals surface area contributed by atoms with Crippen LogP contribution in [0, 0.1) is 0 Å². The number of ether oxygens (including phenoxy) is 2. The number of carbonyl (C=O) groups excluding carboxylic acids is 1. The number of nitrogens with zero attached hydrogens (tertiary/aromatic N) is 2. The summed E-state index contributed by atoms with van der Waals surface area (Å²) in [6.45, 7) is 3.00. The van der Waals surface area contributed by atoms with Gasteiger partial charge in [0.2, 0.25) is 0 Å². The van der Waals surface area contributed by atoms with Crippen molar-refractivity contribution in [3.05, 3.63) is 12.4 Å². The zero-order valence-corrected chi connectivity index (χ0v) is 10.2. The highest BCUT2D eigenvalue weighted by Crippen LogP contribution is 2.11. The van der Waals surface area contributed by atoms with Gasteiger partial charge < -0.3 is 9.47 Å². The second kappa shape index (κ2) is 5.75. The molecule has 6 heteroatoms. The number of aryl methyl sites for hydroxylation is 1. The lowest BCUT2D eigenvalue weighted by atomic mass is 10.4. The van der Waals surface area contributed by atoms with Gasteiger partial charge in [-0.3, -0.25) is 9.48 Å². The van der Waals surface area contributed by atoms with E-state index in [2.05, 4.69) is 25.8 Å². The number of carbonyl (C=O) groups is 1. The smallest absolute Gasteiger partial charge is 0.322 e. The molecule has 84 valence electrons. The maximum Gasteiger partial charge on any atom is 0.322 e. The van der Waals surface area contributed by atoms with Gasteiger partial charge in [-0.2, -0.15) is 5.10 Å². The molecule has 0 bridgehead atoms. The molecule has 0 saturated carbocycles. The molecule has 0 spiro atoms. The summed E-state index contributed by atoms with van der Waals surface area (Å²) < 4.78 is 11.6. The highest BCUT2D eigenvalue weighted by Gasteiger charge is 2.16. The fraction of sp³-hybridized carbons (Fsp3) is 0.556. The maximum absolute atomic E-state index is 11.0. The molecule has 15 heavy (non-hydrogen) atoms. The Morgan fingerprint density at radius 3 is 3.00 bits per heavy atom. The second-order valence-electron chi connectivity index (χ2n) is 2.83. The molecule has 0 N–H and O–H groups in total. The summed E-state index contributed by atoms with van der Waals surface area (Å²) >= 11 is 3.16. The summed E-state index contributed by atoms with van der Waals surface area (Å²) in [6, 6.07) is 0. The first kappa shape index (κ1) is 12.0. The number of esters is 1. The molecule has 0 radical (unpaired) electrons. The van der Waals surface area contributed by atoms with Crippen LogP contribution in [0.2, 0.25) is 0 Å². The van der Waals surface area contributed by atoms with E-state index in [1.165, 1.54) is 7.11 Å². The van der Waals surface area contributed by atoms with Gasteiger partial charge in [0.05, 0.1) is 19.5 Å². The van der Waals surface area contributed by atoms with E-state index in [9.17, 15) is 4.79 Å². The third-order valence-corrected chi connectivity index (χ3v) is 2.42. The Labute approximate surface area is 96.5 Å². The van der Waals surface area contributed by atoms with Crippen LogP contribution in [0.25, 0.3) is 0 Å². The lowest BCUT2D eigenvalue weighted by Gasteiger charge is -2.07. The van der Waals surface area contributed by atoms with Crippen molar-refractivity contribution in [2.45, 2.75) is 18.3 Å². The molecule has 1 unspecified atom stereocenters. The van der Waals surface area contributed by atoms with Crippen LogP contribution in [-0.4, -0.2) is 34.3 Å². The molecule has 1 aromatic heterocycles. The third-order valence-electron chi connectivity index (χ3n) is 1.79. The molecular weight excluding hydrogens is 264 g/mol. The molecule has 1 rings (SSSR count). The number of hydrogen-bond donors (Lipinski definition) is 0. The molecule has 0 aromatic carbocycles. The first-order valence-corrected chi connectivity index (χ1v) is 5.46. The first-order valence-electron chi connectivity index (χ1n) is 4.54. The van der Waals surface area contributed by atoms with Gasteiger partial charge in [0.25, 0.3) is 0 Å². The van der Waals surface area contributed by atoms with E-state index in [1.54, 1.807) is 17.1 Å². The summed E-state index contributed by atoms with van der Waals surface area (Å²) in [6.07, 6.45) is 3.39. The van der Waals surface area contributed by atoms with Gasteiger partial charge >= 0.3 is 5.97 Å². The van der Waals surface area contributed by atoms with Crippen LogP contribution in [0.4, 0.5) is 0 Å². The van der Waals surface area contributed by atoms with Crippen LogP contribution in [0.3, 0.4) is 0 Å². The van der Waals surface area contributed by atoms with E-state index >= 15 is 0 Å². The number of aromatic nitrogens is 2. The zero-order valence-electron chi connectivity index (χ0n) is 8.64. The van der Waals surface area contributed by atoms with Crippen LogP contribution in [-0.2, 0) is 16.1 Å². The van der Waals surface area contributed by atoms with Crippen molar-refractivity contribution in [2.24, 2.45) is 0 Å². The fourth-order valence-electron chi connectivity index (χ4n) is 0.957. The normalized spacial score (nSPS) is 12.2. The van der Waals surface area contributed by atoms with Gasteiger partial charge in [-0.1, -0.05) is 15.9 Å². The molecule has 0 aliphatic heterocycles. The minimum atomic E-state index is -0.451. The van der Waals surface area contributed by atoms with Gasteiger partial charge in [-0.25, -0.2) is 0 Å². The number of halogens is 1. The number of rotatable bonds is 5. The Kier molecular flexibility index (Phi) is 4.61. The Hall–Kier alpha value is -1.04. The van der Waals surface area contributed by atoms with Crippen molar-refractivity contribution in [1.29, 1.82) is 0 Å². The SMILES string of the molecule is CCn1cc(OCC(Br)C(=O)OC)cn1. The molecule has 0 fully saturated rings. The maximum atomic E-state index is 11.0. The number of hydrogen-bond acceptors (Lipinski definition) is 4. The van der Waals surface area contributed by atoms with Gasteiger partial charge in [-0.05, 0) is 6.92 Å². The molecular formula is C9H13BrN2O3. The topological polar surface area (TPSA) is 53.4 Å². The second-order valence-corrected chi connectivity index (χ2v) is 3.94. The van der Waals surface area contributed by atoms with Crippen molar-refractivity contribution in [3.8, 4) is 5.75 Å². The molecule has 0 aliphatic carbocycles. The van der Waals surface area contributed by atoms with Gasteiger partial charge in [0.15, 0.2) is 5.75 Å². The summed E-state index contributed by atoms with van der Waals surface area (Å²) in [5, 5.41) is 4.04. The zero-order chi connectivity index (χ0) is 11.3. The molecule has 0 saturated heterocycles. The highest BCUT2D eigenvalue weighted by atomic mass is 79.9. The largest absolute Gasteiger partial charge is 0.489 e. The van der Waals surface area contributed by atoms with Crippen molar-refractivity contribution >= 4 is 21.9 Å². The van der Waals surface area contributed by atoms with Gasteiger partial charge in [0.1, 0.15) is 11.4 Å². The summed E-state index contributed by atoms with van der Waals surface area (Å²) in [5.74, 6) is 0.295. The van der Waals surface area contributed by atoms with Crippen LogP contribution in [0.1, 0.15) is 6.92 Å². The van der Waals surface area contributed by atoms with Crippen molar-refractivity contribution in [2.75, 3.05) is 13.7 Å². The van der Waals surface area contributed by atoms with E-state index in [-0.39, 0.29) is 12.6 Å². The average Bonchev–Trinajstić information content (AvgIpc) is 2.72. The monoisotopic (exact) mass is 276 g/mol. The molecule has 1 heterocycles. The number of methoxy groups -OCH3 is 1. The van der Waals surface area contributed by atoms with Crippen LogP contribution >= 0.6 is 15.9 Å². The molecule has 1 aromatic rings. The lowest BCUT2D eigenvalue weighted by Crippen LogP contribution is -2.22. The van der Waals surface area contributed by atoms with Gasteiger partial charge in [-0.15, -0.1) is 0 Å². The third kappa shape index (κ3) is 3.54. The quantitative estimate of drug-likeness (QED) is 0.600. The molecule has 0 aliphatic rings. The van der Waals surface area contributed by atoms with E-state index < -0.39 is 4.83 Å². The van der Waals surface area contributed by atoms with Crippen LogP contribution in [0.5, 0.6) is 5.75 Å². The molecule has 0 amide bonds. The minimum Gasteiger partial charge on any atom is -0.489 e. The molecule has 5 nitrogen and oxygen atoms in total. The average molecular weight is 277 g/mol. The van der Waals surface area contributed by atoms with E-state index in [0.717, 1.165) is 6.54 Å². The highest BCUT2D eigenvalue weighted by molar-refractivity contribution is 9.10. The van der Waals surface area contributed by atoms with Crippen molar-refractivity contribution in [3.63, 3.8) is 0 Å².